The van der Waals surface area contributed by atoms with Crippen molar-refractivity contribution in [3.8, 4) is 5.75 Å². The van der Waals surface area contributed by atoms with Crippen LogP contribution < -0.4 is 4.74 Å². The van der Waals surface area contributed by atoms with Crippen molar-refractivity contribution in [1.82, 2.24) is 0 Å². The quantitative estimate of drug-likeness (QED) is 0.923. The van der Waals surface area contributed by atoms with Gasteiger partial charge in [-0.05, 0) is 29.6 Å². The molecule has 0 aliphatic heterocycles. The minimum atomic E-state index is -1.03. The van der Waals surface area contributed by atoms with Gasteiger partial charge in [0.25, 0.3) is 0 Å². The standard InChI is InChI=1S/C12H8BrFO3S/c13-9-2-1-8(14)5-7(9)6-17-10-3-4-18-11(10)12(15)16/h1-5H,6H2,(H,15,16). The highest BCUT2D eigenvalue weighted by Gasteiger charge is 2.13. The van der Waals surface area contributed by atoms with Gasteiger partial charge in [-0.3, -0.25) is 0 Å². The van der Waals surface area contributed by atoms with Gasteiger partial charge in [0.1, 0.15) is 18.2 Å². The number of carboxylic acids is 1. The zero-order chi connectivity index (χ0) is 13.1. The van der Waals surface area contributed by atoms with Gasteiger partial charge in [-0.15, -0.1) is 11.3 Å². The number of carboxylic acid groups (broad SMARTS) is 1. The van der Waals surface area contributed by atoms with Gasteiger partial charge in [-0.1, -0.05) is 15.9 Å². The molecule has 0 radical (unpaired) electrons. The van der Waals surface area contributed by atoms with E-state index < -0.39 is 5.97 Å². The van der Waals surface area contributed by atoms with E-state index in [4.69, 9.17) is 9.84 Å². The van der Waals surface area contributed by atoms with Gasteiger partial charge < -0.3 is 9.84 Å². The molecule has 0 bridgehead atoms. The smallest absolute Gasteiger partial charge is 0.349 e. The van der Waals surface area contributed by atoms with E-state index in [0.717, 1.165) is 15.8 Å². The number of halogens is 2. The van der Waals surface area contributed by atoms with E-state index >= 15 is 0 Å². The highest BCUT2D eigenvalue weighted by Crippen LogP contribution is 2.27. The summed E-state index contributed by atoms with van der Waals surface area (Å²) in [6, 6.07) is 5.85. The Bertz CT molecular complexity index is 582. The summed E-state index contributed by atoms with van der Waals surface area (Å²) < 4.78 is 19.2. The van der Waals surface area contributed by atoms with Gasteiger partial charge in [0.2, 0.25) is 0 Å². The monoisotopic (exact) mass is 330 g/mol. The Balaban J connectivity index is 2.14. The first-order chi connectivity index (χ1) is 8.58. The summed E-state index contributed by atoms with van der Waals surface area (Å²) >= 11 is 4.37. The predicted octanol–water partition coefficient (Wildman–Crippen LogP) is 3.93. The zero-order valence-electron chi connectivity index (χ0n) is 9.02. The number of carbonyl (C=O) groups is 1. The Morgan fingerprint density at radius 1 is 1.44 bits per heavy atom. The Morgan fingerprint density at radius 3 is 2.94 bits per heavy atom. The third-order valence-electron chi connectivity index (χ3n) is 2.21. The number of hydrogen-bond donors (Lipinski definition) is 1. The first-order valence-corrected chi connectivity index (χ1v) is 6.62. The van der Waals surface area contributed by atoms with E-state index in [1.165, 1.54) is 12.1 Å². The lowest BCUT2D eigenvalue weighted by Gasteiger charge is -2.07. The highest BCUT2D eigenvalue weighted by molar-refractivity contribution is 9.10. The van der Waals surface area contributed by atoms with Crippen molar-refractivity contribution in [3.05, 3.63) is 50.4 Å². The van der Waals surface area contributed by atoms with Crippen molar-refractivity contribution >= 4 is 33.2 Å². The van der Waals surface area contributed by atoms with Crippen LogP contribution in [0.25, 0.3) is 0 Å². The summed E-state index contributed by atoms with van der Waals surface area (Å²) in [5, 5.41) is 10.5. The molecule has 94 valence electrons. The van der Waals surface area contributed by atoms with Gasteiger partial charge in [-0.25, -0.2) is 9.18 Å². The molecule has 0 saturated carbocycles. The lowest BCUT2D eigenvalue weighted by molar-refractivity contribution is 0.0697. The molecule has 0 aliphatic rings. The van der Waals surface area contributed by atoms with Crippen molar-refractivity contribution < 1.29 is 19.0 Å². The molecule has 0 unspecified atom stereocenters. The molecule has 0 atom stereocenters. The molecule has 1 heterocycles. The van der Waals surface area contributed by atoms with E-state index in [1.54, 1.807) is 17.5 Å². The Labute approximate surface area is 115 Å². The lowest BCUT2D eigenvalue weighted by atomic mass is 10.2. The fraction of sp³-hybridized carbons (Fsp3) is 0.0833. The fourth-order valence-electron chi connectivity index (χ4n) is 1.38. The molecule has 2 aromatic rings. The third-order valence-corrected chi connectivity index (χ3v) is 3.87. The highest BCUT2D eigenvalue weighted by atomic mass is 79.9. The van der Waals surface area contributed by atoms with E-state index in [2.05, 4.69) is 15.9 Å². The Hall–Kier alpha value is -1.40. The molecule has 1 aromatic carbocycles. The zero-order valence-corrected chi connectivity index (χ0v) is 11.4. The Morgan fingerprint density at radius 2 is 2.22 bits per heavy atom. The molecular formula is C12H8BrFO3S. The van der Waals surface area contributed by atoms with Crippen molar-refractivity contribution in [2.75, 3.05) is 0 Å². The van der Waals surface area contributed by atoms with Crippen molar-refractivity contribution in [2.45, 2.75) is 6.61 Å². The summed E-state index contributed by atoms with van der Waals surface area (Å²) in [6.45, 7) is 0.107. The molecule has 1 N–H and O–H groups in total. The molecule has 18 heavy (non-hydrogen) atoms. The Kier molecular flexibility index (Phi) is 3.98. The normalized spacial score (nSPS) is 10.3. The van der Waals surface area contributed by atoms with Crippen LogP contribution in [0, 0.1) is 5.82 Å². The molecule has 1 aromatic heterocycles. The van der Waals surface area contributed by atoms with Gasteiger partial charge in [0.15, 0.2) is 4.88 Å². The molecule has 0 aliphatic carbocycles. The fourth-order valence-corrected chi connectivity index (χ4v) is 2.41. The molecule has 0 fully saturated rings. The first-order valence-electron chi connectivity index (χ1n) is 4.95. The summed E-state index contributed by atoms with van der Waals surface area (Å²) in [7, 11) is 0. The largest absolute Gasteiger partial charge is 0.487 e. The second kappa shape index (κ2) is 5.49. The van der Waals surface area contributed by atoms with Crippen LogP contribution in [0.3, 0.4) is 0 Å². The second-order valence-electron chi connectivity index (χ2n) is 3.44. The molecule has 6 heteroatoms. The van der Waals surface area contributed by atoms with E-state index in [9.17, 15) is 9.18 Å². The minimum Gasteiger partial charge on any atom is -0.487 e. The first kappa shape index (κ1) is 13.0. The number of hydrogen-bond acceptors (Lipinski definition) is 3. The van der Waals surface area contributed by atoms with Crippen LogP contribution in [0.2, 0.25) is 0 Å². The van der Waals surface area contributed by atoms with E-state index in [0.29, 0.717) is 11.3 Å². The molecular weight excluding hydrogens is 323 g/mol. The molecule has 0 saturated heterocycles. The van der Waals surface area contributed by atoms with Crippen LogP contribution in [0.5, 0.6) is 5.75 Å². The van der Waals surface area contributed by atoms with Crippen molar-refractivity contribution in [1.29, 1.82) is 0 Å². The van der Waals surface area contributed by atoms with Crippen LogP contribution in [0.15, 0.2) is 34.1 Å². The summed E-state index contributed by atoms with van der Waals surface area (Å²) in [5.74, 6) is -1.09. The van der Waals surface area contributed by atoms with Crippen LogP contribution >= 0.6 is 27.3 Å². The van der Waals surface area contributed by atoms with Crippen LogP contribution in [-0.2, 0) is 6.61 Å². The molecule has 0 spiro atoms. The maximum absolute atomic E-state index is 13.1. The summed E-state index contributed by atoms with van der Waals surface area (Å²) in [5.41, 5.74) is 0.623. The maximum atomic E-state index is 13.1. The SMILES string of the molecule is O=C(O)c1sccc1OCc1cc(F)ccc1Br. The number of aromatic carboxylic acids is 1. The van der Waals surface area contributed by atoms with Gasteiger partial charge >= 0.3 is 5.97 Å². The second-order valence-corrected chi connectivity index (χ2v) is 5.21. The van der Waals surface area contributed by atoms with Crippen molar-refractivity contribution in [2.24, 2.45) is 0 Å². The lowest BCUT2D eigenvalue weighted by Crippen LogP contribution is -2.01. The summed E-state index contributed by atoms with van der Waals surface area (Å²) in [6.07, 6.45) is 0. The number of thiophene rings is 1. The number of rotatable bonds is 4. The number of ether oxygens (including phenoxy) is 1. The topological polar surface area (TPSA) is 46.5 Å². The summed E-state index contributed by atoms with van der Waals surface area (Å²) in [4.78, 5) is 11.0. The van der Waals surface area contributed by atoms with Crippen LogP contribution in [0.4, 0.5) is 4.39 Å². The molecule has 0 amide bonds. The van der Waals surface area contributed by atoms with Crippen LogP contribution in [0.1, 0.15) is 15.2 Å². The molecule has 2 rings (SSSR count). The average Bonchev–Trinajstić information content (AvgIpc) is 2.79. The van der Waals surface area contributed by atoms with Gasteiger partial charge in [0, 0.05) is 10.0 Å². The van der Waals surface area contributed by atoms with Crippen LogP contribution in [-0.4, -0.2) is 11.1 Å². The van der Waals surface area contributed by atoms with E-state index in [1.807, 2.05) is 0 Å². The minimum absolute atomic E-state index is 0.107. The van der Waals surface area contributed by atoms with Gasteiger partial charge in [0.05, 0.1) is 0 Å². The maximum Gasteiger partial charge on any atom is 0.349 e. The van der Waals surface area contributed by atoms with Gasteiger partial charge in [-0.2, -0.15) is 0 Å². The number of benzene rings is 1. The average molecular weight is 331 g/mol. The van der Waals surface area contributed by atoms with E-state index in [-0.39, 0.29) is 17.3 Å². The van der Waals surface area contributed by atoms with Crippen molar-refractivity contribution in [3.63, 3.8) is 0 Å². The molecule has 3 nitrogen and oxygen atoms in total. The predicted molar refractivity (Wildman–Crippen MR) is 69.7 cm³/mol. The third kappa shape index (κ3) is 2.88.